The molecule has 0 amide bonds. The van der Waals surface area contributed by atoms with Gasteiger partial charge in [-0.2, -0.15) is 0 Å². The van der Waals surface area contributed by atoms with Crippen molar-refractivity contribution in [2.24, 2.45) is 4.40 Å². The maximum absolute atomic E-state index is 4.01. The fraction of sp³-hybridized carbons (Fsp3) is 0.500. The van der Waals surface area contributed by atoms with Crippen molar-refractivity contribution in [2.45, 2.75) is 13.3 Å². The minimum atomic E-state index is 1.07. The third kappa shape index (κ3) is 0.744. The van der Waals surface area contributed by atoms with Crippen LogP contribution in [-0.2, 0) is 0 Å². The second kappa shape index (κ2) is 1.65. The molecule has 0 aromatic rings. The van der Waals surface area contributed by atoms with Gasteiger partial charge in [0.05, 0.1) is 0 Å². The third-order valence-electron chi connectivity index (χ3n) is 0.662. The first-order valence-corrected chi connectivity index (χ1v) is 2.74. The Morgan fingerprint density at radius 2 is 2.83 bits per heavy atom. The summed E-state index contributed by atoms with van der Waals surface area (Å²) in [4.78, 5) is 0. The molecule has 2 heteroatoms. The van der Waals surface area contributed by atoms with Crippen molar-refractivity contribution < 1.29 is 0 Å². The Hall–Kier alpha value is 0.0200. The number of rotatable bonds is 0. The zero-order valence-corrected chi connectivity index (χ0v) is 4.46. The summed E-state index contributed by atoms with van der Waals surface area (Å²) in [5.74, 6) is 2.09. The van der Waals surface area contributed by atoms with Crippen LogP contribution in [0.3, 0.4) is 0 Å². The molecule has 0 saturated heterocycles. The van der Waals surface area contributed by atoms with Crippen LogP contribution >= 0.6 is 11.9 Å². The Bertz CT molecular complexity index is 77.6. The molecule has 0 unspecified atom stereocenters. The van der Waals surface area contributed by atoms with E-state index in [1.807, 2.05) is 6.92 Å². The predicted octanol–water partition coefficient (Wildman–Crippen LogP) is 1.66. The van der Waals surface area contributed by atoms with Crippen molar-refractivity contribution in [3.63, 3.8) is 0 Å². The smallest absolute Gasteiger partial charge is 0.0459 e. The van der Waals surface area contributed by atoms with Crippen LogP contribution in [0.1, 0.15) is 13.3 Å². The van der Waals surface area contributed by atoms with E-state index < -0.39 is 0 Å². The van der Waals surface area contributed by atoms with Crippen LogP contribution in [0.5, 0.6) is 0 Å². The lowest BCUT2D eigenvalue weighted by Crippen LogP contribution is -1.78. The molecule has 6 heavy (non-hydrogen) atoms. The first-order chi connectivity index (χ1) is 2.89. The zero-order chi connectivity index (χ0) is 4.41. The molecule has 1 rings (SSSR count). The van der Waals surface area contributed by atoms with Crippen molar-refractivity contribution in [1.29, 1.82) is 0 Å². The average molecular weight is 100 g/mol. The summed E-state index contributed by atoms with van der Waals surface area (Å²) in [6, 6.07) is 0. The number of hydrogen-bond donors (Lipinski definition) is 0. The van der Waals surface area contributed by atoms with E-state index in [0.29, 0.717) is 0 Å². The molecule has 1 nitrogen and oxygen atoms in total. The van der Waals surface area contributed by atoms with Gasteiger partial charge in [-0.1, -0.05) is 0 Å². The first-order valence-electron chi connectivity index (χ1n) is 1.90. The highest BCUT2D eigenvalue weighted by Gasteiger charge is 1.98. The molecule has 0 saturated carbocycles. The summed E-state index contributed by atoms with van der Waals surface area (Å²) >= 11 is 1.55. The summed E-state index contributed by atoms with van der Waals surface area (Å²) in [5.41, 5.74) is 1.24. The lowest BCUT2D eigenvalue weighted by molar-refractivity contribution is 1.46. The molecule has 1 aliphatic heterocycles. The largest absolute Gasteiger partial charge is 0.226 e. The van der Waals surface area contributed by atoms with Crippen LogP contribution in [-0.4, -0.2) is 5.71 Å². The second-order valence-corrected chi connectivity index (χ2v) is 2.03. The van der Waals surface area contributed by atoms with Gasteiger partial charge >= 0.3 is 0 Å². The normalized spacial score (nSPS) is 21.2. The summed E-state index contributed by atoms with van der Waals surface area (Å²) in [7, 11) is 0. The molecule has 33 valence electrons. The maximum atomic E-state index is 4.01. The fourth-order valence-corrected chi connectivity index (χ4v) is 0.967. The molecule has 0 fully saturated rings. The lowest BCUT2D eigenvalue weighted by atomic mass is 10.3. The van der Waals surface area contributed by atoms with Gasteiger partial charge in [0.15, 0.2) is 0 Å². The van der Waals surface area contributed by atoms with E-state index in [-0.39, 0.29) is 0 Å². The van der Waals surface area contributed by atoms with Crippen LogP contribution in [0.15, 0.2) is 4.40 Å². The van der Waals surface area contributed by atoms with Gasteiger partial charge in [-0.25, -0.2) is 4.40 Å². The van der Waals surface area contributed by atoms with Gasteiger partial charge in [0.25, 0.3) is 0 Å². The summed E-state index contributed by atoms with van der Waals surface area (Å²) in [6.07, 6.45) is 1.07. The van der Waals surface area contributed by atoms with Gasteiger partial charge in [0, 0.05) is 17.9 Å². The lowest BCUT2D eigenvalue weighted by Gasteiger charge is -1.74. The number of nitrogens with zero attached hydrogens (tertiary/aromatic N) is 1. The van der Waals surface area contributed by atoms with Crippen LogP contribution in [0.4, 0.5) is 0 Å². The summed E-state index contributed by atoms with van der Waals surface area (Å²) in [5, 5.41) is 0. The standard InChI is InChI=1S/C4H6NS/c1-4-2-3-6-5-4/h3H,2H2,1H3. The van der Waals surface area contributed by atoms with Gasteiger partial charge in [-0.15, -0.1) is 0 Å². The highest BCUT2D eigenvalue weighted by molar-refractivity contribution is 8.00. The van der Waals surface area contributed by atoms with Crippen molar-refractivity contribution >= 4 is 17.7 Å². The monoisotopic (exact) mass is 100 g/mol. The first kappa shape index (κ1) is 4.19. The van der Waals surface area contributed by atoms with E-state index in [0.717, 1.165) is 6.42 Å². The summed E-state index contributed by atoms with van der Waals surface area (Å²) < 4.78 is 4.01. The number of hydrogen-bond acceptors (Lipinski definition) is 2. The van der Waals surface area contributed by atoms with Crippen LogP contribution < -0.4 is 0 Å². The van der Waals surface area contributed by atoms with Crippen molar-refractivity contribution in [3.05, 3.63) is 5.75 Å². The summed E-state index contributed by atoms with van der Waals surface area (Å²) in [6.45, 7) is 2.04. The van der Waals surface area contributed by atoms with E-state index in [4.69, 9.17) is 0 Å². The second-order valence-electron chi connectivity index (χ2n) is 1.30. The van der Waals surface area contributed by atoms with E-state index >= 15 is 0 Å². The van der Waals surface area contributed by atoms with Gasteiger partial charge in [-0.3, -0.25) is 0 Å². The molecule has 1 radical (unpaired) electrons. The Labute approximate surface area is 42.0 Å². The molecule has 1 heterocycles. The van der Waals surface area contributed by atoms with Crippen molar-refractivity contribution in [3.8, 4) is 0 Å². The Morgan fingerprint density at radius 3 is 3.00 bits per heavy atom. The highest BCUT2D eigenvalue weighted by atomic mass is 32.2. The molecule has 0 N–H and O–H groups in total. The minimum absolute atomic E-state index is 1.07. The molecular formula is C4H6NS. The van der Waals surface area contributed by atoms with Crippen LogP contribution in [0.25, 0.3) is 0 Å². The minimum Gasteiger partial charge on any atom is -0.226 e. The Morgan fingerprint density at radius 1 is 2.00 bits per heavy atom. The van der Waals surface area contributed by atoms with Gasteiger partial charge in [-0.05, 0) is 18.9 Å². The van der Waals surface area contributed by atoms with Crippen LogP contribution in [0.2, 0.25) is 0 Å². The molecular weight excluding hydrogens is 94.1 g/mol. The molecule has 0 aromatic carbocycles. The fourth-order valence-electron chi connectivity index (χ4n) is 0.322. The Kier molecular flexibility index (Phi) is 1.15. The van der Waals surface area contributed by atoms with Gasteiger partial charge < -0.3 is 0 Å². The zero-order valence-electron chi connectivity index (χ0n) is 3.64. The molecule has 1 aliphatic rings. The van der Waals surface area contributed by atoms with Crippen molar-refractivity contribution in [2.75, 3.05) is 0 Å². The van der Waals surface area contributed by atoms with E-state index in [2.05, 4.69) is 10.2 Å². The molecule has 0 aliphatic carbocycles. The third-order valence-corrected chi connectivity index (χ3v) is 1.39. The quantitative estimate of drug-likeness (QED) is 0.422. The van der Waals surface area contributed by atoms with Crippen molar-refractivity contribution in [1.82, 2.24) is 0 Å². The topological polar surface area (TPSA) is 12.4 Å². The van der Waals surface area contributed by atoms with E-state index in [1.54, 1.807) is 11.9 Å². The molecule has 0 atom stereocenters. The Balaban J connectivity index is 2.45. The molecule has 0 spiro atoms. The van der Waals surface area contributed by atoms with Gasteiger partial charge in [0.1, 0.15) is 0 Å². The maximum Gasteiger partial charge on any atom is 0.0459 e. The van der Waals surface area contributed by atoms with Gasteiger partial charge in [0.2, 0.25) is 0 Å². The van der Waals surface area contributed by atoms with E-state index in [1.165, 1.54) is 5.71 Å². The highest BCUT2D eigenvalue weighted by Crippen LogP contribution is 2.18. The SMILES string of the molecule is CC1=NS[CH]C1. The molecule has 0 bridgehead atoms. The molecule has 0 aromatic heterocycles. The predicted molar refractivity (Wildman–Crippen MR) is 29.6 cm³/mol. The van der Waals surface area contributed by atoms with Crippen LogP contribution in [0, 0.1) is 5.75 Å². The van der Waals surface area contributed by atoms with E-state index in [9.17, 15) is 0 Å². The average Bonchev–Trinajstić information content (AvgIpc) is 1.86.